The molecule has 0 aliphatic heterocycles. The summed E-state index contributed by atoms with van der Waals surface area (Å²) in [6, 6.07) is -0.984. The highest BCUT2D eigenvalue weighted by molar-refractivity contribution is 5.80. The van der Waals surface area contributed by atoms with Gasteiger partial charge in [0.15, 0.2) is 0 Å². The third kappa shape index (κ3) is 59.7. The Morgan fingerprint density at radius 1 is 0.308 bits per heavy atom. The summed E-state index contributed by atoms with van der Waals surface area (Å²) in [5.74, 6) is -0.574. The Hall–Kier alpha value is -0.950. The highest BCUT2D eigenvalue weighted by atomic mass is 16.3. The van der Waals surface area contributed by atoms with Crippen LogP contribution in [-0.4, -0.2) is 57.3 Å². The number of aliphatic hydroxyl groups excluding tert-OH is 4. The zero-order chi connectivity index (χ0) is 56.6. The summed E-state index contributed by atoms with van der Waals surface area (Å²) in [6.45, 7) is 4.12. The van der Waals surface area contributed by atoms with Crippen molar-refractivity contribution in [1.82, 2.24) is 5.32 Å². The zero-order valence-electron chi connectivity index (χ0n) is 53.2. The minimum absolute atomic E-state index is 0.374. The van der Waals surface area contributed by atoms with E-state index in [4.69, 9.17) is 0 Å². The quantitative estimate of drug-likeness (QED) is 0.0308. The molecule has 4 atom stereocenters. The van der Waals surface area contributed by atoms with Gasteiger partial charge in [0.25, 0.3) is 0 Å². The largest absolute Gasteiger partial charge is 0.394 e. The molecular weight excluding hydrogens is 959 g/mol. The van der Waals surface area contributed by atoms with Crippen molar-refractivity contribution in [3.05, 3.63) is 12.2 Å². The normalized spacial score (nSPS) is 13.5. The number of rotatable bonds is 68. The van der Waals surface area contributed by atoms with Crippen molar-refractivity contribution in [1.29, 1.82) is 0 Å². The van der Waals surface area contributed by atoms with Gasteiger partial charge in [-0.2, -0.15) is 0 Å². The second-order valence-corrected chi connectivity index (χ2v) is 25.3. The smallest absolute Gasteiger partial charge is 0.249 e. The van der Waals surface area contributed by atoms with Gasteiger partial charge in [-0.05, 0) is 38.5 Å². The topological polar surface area (TPSA) is 110 Å². The summed E-state index contributed by atoms with van der Waals surface area (Å²) in [5, 5.41) is 44.3. The van der Waals surface area contributed by atoms with Crippen molar-refractivity contribution < 1.29 is 25.2 Å². The fraction of sp³-hybridized carbons (Fsp3) is 0.958. The van der Waals surface area contributed by atoms with E-state index in [0.717, 1.165) is 38.5 Å². The molecule has 0 aliphatic rings. The predicted molar refractivity (Wildman–Crippen MR) is 344 cm³/mol. The van der Waals surface area contributed by atoms with E-state index in [-0.39, 0.29) is 0 Å². The number of nitrogens with one attached hydrogen (secondary N) is 1. The first-order valence-corrected chi connectivity index (χ1v) is 36.1. The second-order valence-electron chi connectivity index (χ2n) is 25.3. The third-order valence-corrected chi connectivity index (χ3v) is 17.5. The predicted octanol–water partition coefficient (Wildman–Crippen LogP) is 22.3. The maximum Gasteiger partial charge on any atom is 0.249 e. The van der Waals surface area contributed by atoms with Crippen LogP contribution in [0.3, 0.4) is 0 Å². The molecule has 0 rings (SSSR count). The molecule has 0 aromatic carbocycles. The van der Waals surface area contributed by atoms with Gasteiger partial charge in [-0.3, -0.25) is 4.79 Å². The van der Waals surface area contributed by atoms with Crippen LogP contribution in [0.4, 0.5) is 0 Å². The van der Waals surface area contributed by atoms with Crippen LogP contribution in [0, 0.1) is 0 Å². The van der Waals surface area contributed by atoms with Crippen LogP contribution in [-0.2, 0) is 4.79 Å². The molecule has 0 spiro atoms. The lowest BCUT2D eigenvalue weighted by atomic mass is 9.99. The van der Waals surface area contributed by atoms with Crippen molar-refractivity contribution in [3.63, 3.8) is 0 Å². The number of unbranched alkanes of at least 4 members (excludes halogenated alkanes) is 57. The molecule has 0 aromatic heterocycles. The first kappa shape index (κ1) is 77.0. The van der Waals surface area contributed by atoms with Crippen LogP contribution in [0.2, 0.25) is 0 Å². The Morgan fingerprint density at radius 2 is 0.513 bits per heavy atom. The summed E-state index contributed by atoms with van der Waals surface area (Å²) < 4.78 is 0. The Morgan fingerprint density at radius 3 is 0.744 bits per heavy atom. The molecule has 1 amide bonds. The molecule has 0 bridgehead atoms. The molecule has 6 heteroatoms. The molecular formula is C72H143NO5. The highest BCUT2D eigenvalue weighted by Crippen LogP contribution is 2.20. The monoisotopic (exact) mass is 1100 g/mol. The molecule has 6 nitrogen and oxygen atoms in total. The number of amides is 1. The maximum absolute atomic E-state index is 12.7. The molecule has 0 aliphatic carbocycles. The number of allylic oxidation sites excluding steroid dienone is 2. The van der Waals surface area contributed by atoms with Gasteiger partial charge in [0.1, 0.15) is 12.2 Å². The van der Waals surface area contributed by atoms with Gasteiger partial charge in [-0.25, -0.2) is 0 Å². The SMILES string of the molecule is CCCCCCCCCCCCCCCC/C=C\CCCCCCCCCCCCCCCCCCC(O)C(=O)NC(CO)C(O)C(O)CCCCCCCCCCCCCCCCCCCCCCCCCCCCCC. The van der Waals surface area contributed by atoms with Crippen LogP contribution in [0.25, 0.3) is 0 Å². The minimum atomic E-state index is -1.26. The lowest BCUT2D eigenvalue weighted by molar-refractivity contribution is -0.132. The molecule has 4 unspecified atom stereocenters. The van der Waals surface area contributed by atoms with E-state index in [1.165, 1.54) is 347 Å². The van der Waals surface area contributed by atoms with E-state index < -0.39 is 36.9 Å². The lowest BCUT2D eigenvalue weighted by Crippen LogP contribution is -2.53. The van der Waals surface area contributed by atoms with Gasteiger partial charge >= 0.3 is 0 Å². The van der Waals surface area contributed by atoms with Gasteiger partial charge < -0.3 is 25.7 Å². The van der Waals surface area contributed by atoms with Gasteiger partial charge in [0.2, 0.25) is 5.91 Å². The first-order valence-electron chi connectivity index (χ1n) is 36.1. The Balaban J connectivity index is 3.51. The van der Waals surface area contributed by atoms with E-state index in [1.807, 2.05) is 0 Å². The molecule has 5 N–H and O–H groups in total. The third-order valence-electron chi connectivity index (χ3n) is 17.5. The minimum Gasteiger partial charge on any atom is -0.394 e. The van der Waals surface area contributed by atoms with Crippen molar-refractivity contribution in [2.24, 2.45) is 0 Å². The summed E-state index contributed by atoms with van der Waals surface area (Å²) in [4.78, 5) is 12.7. The Bertz CT molecular complexity index is 1150. The standard InChI is InChI=1S/C72H143NO5/c1-3-5-7-9-11-13-15-17-19-21-23-25-27-29-31-33-34-35-36-37-38-40-42-44-46-48-50-52-54-56-58-60-62-64-66-70(76)72(78)73-68(67-74)71(77)69(75)65-63-61-59-57-55-53-51-49-47-45-43-41-39-32-30-28-26-24-22-20-18-16-14-12-10-8-6-4-2/h33-34,68-71,74-77H,3-32,35-67H2,1-2H3,(H,73,78)/b34-33-. The summed E-state index contributed by atoms with van der Waals surface area (Å²) >= 11 is 0. The molecule has 466 valence electrons. The van der Waals surface area contributed by atoms with Gasteiger partial charge in [0, 0.05) is 0 Å². The highest BCUT2D eigenvalue weighted by Gasteiger charge is 2.28. The van der Waals surface area contributed by atoms with E-state index in [1.54, 1.807) is 0 Å². The van der Waals surface area contributed by atoms with E-state index >= 15 is 0 Å². The number of aliphatic hydroxyl groups is 4. The van der Waals surface area contributed by atoms with Crippen LogP contribution < -0.4 is 5.32 Å². The molecule has 78 heavy (non-hydrogen) atoms. The summed E-state index contributed by atoms with van der Waals surface area (Å²) in [5.41, 5.74) is 0. The van der Waals surface area contributed by atoms with Gasteiger partial charge in [0.05, 0.1) is 18.8 Å². The van der Waals surface area contributed by atoms with Crippen LogP contribution in [0.1, 0.15) is 412 Å². The molecule has 0 fully saturated rings. The van der Waals surface area contributed by atoms with Crippen molar-refractivity contribution in [2.75, 3.05) is 6.61 Å². The Kier molecular flexibility index (Phi) is 66.0. The Labute approximate surface area is 489 Å². The lowest BCUT2D eigenvalue weighted by Gasteiger charge is -2.27. The van der Waals surface area contributed by atoms with Crippen molar-refractivity contribution in [2.45, 2.75) is 436 Å². The molecule has 0 aromatic rings. The molecule has 0 saturated heterocycles. The average Bonchev–Trinajstić information content (AvgIpc) is 3.45. The number of carbonyl (C=O) groups is 1. The maximum atomic E-state index is 12.7. The fourth-order valence-electron chi connectivity index (χ4n) is 11.9. The summed E-state index contributed by atoms with van der Waals surface area (Å²) in [7, 11) is 0. The zero-order valence-corrected chi connectivity index (χ0v) is 53.2. The van der Waals surface area contributed by atoms with Crippen LogP contribution in [0.5, 0.6) is 0 Å². The van der Waals surface area contributed by atoms with Crippen molar-refractivity contribution >= 4 is 5.91 Å². The van der Waals surface area contributed by atoms with Gasteiger partial charge in [-0.15, -0.1) is 0 Å². The van der Waals surface area contributed by atoms with Crippen LogP contribution in [0.15, 0.2) is 12.2 Å². The fourth-order valence-corrected chi connectivity index (χ4v) is 11.9. The second kappa shape index (κ2) is 66.8. The van der Waals surface area contributed by atoms with E-state index in [9.17, 15) is 25.2 Å². The van der Waals surface area contributed by atoms with E-state index in [2.05, 4.69) is 31.3 Å². The molecule has 0 heterocycles. The van der Waals surface area contributed by atoms with Gasteiger partial charge in [-0.1, -0.05) is 386 Å². The summed E-state index contributed by atoms with van der Waals surface area (Å²) in [6.07, 6.45) is 83.5. The van der Waals surface area contributed by atoms with Crippen LogP contribution >= 0.6 is 0 Å². The number of hydrogen-bond donors (Lipinski definition) is 5. The average molecular weight is 1100 g/mol. The van der Waals surface area contributed by atoms with Crippen molar-refractivity contribution in [3.8, 4) is 0 Å². The first-order chi connectivity index (χ1) is 38.5. The molecule has 0 radical (unpaired) electrons. The number of carbonyl (C=O) groups excluding carboxylic acids is 1. The number of hydrogen-bond acceptors (Lipinski definition) is 5. The van der Waals surface area contributed by atoms with E-state index in [0.29, 0.717) is 12.8 Å². The molecule has 0 saturated carbocycles.